The molecule has 6 aromatic heterocycles. The maximum absolute atomic E-state index is 9.23. The third kappa shape index (κ3) is 9.98. The van der Waals surface area contributed by atoms with Crippen molar-refractivity contribution in [2.45, 2.75) is 89.3 Å². The van der Waals surface area contributed by atoms with E-state index in [-0.39, 0.29) is 0 Å². The fourth-order valence-electron chi connectivity index (χ4n) is 8.47. The third-order valence-corrected chi connectivity index (χ3v) is 15.2. The molecule has 2 aromatic carbocycles. The second kappa shape index (κ2) is 19.3. The average molecular weight is 922 g/mol. The Morgan fingerprint density at radius 3 is 1.77 bits per heavy atom. The molecule has 2 fully saturated rings. The molecule has 2 saturated carbocycles. The minimum absolute atomic E-state index is 0.456. The highest BCUT2D eigenvalue weighted by Gasteiger charge is 2.26. The molecule has 2 aliphatic rings. The first-order chi connectivity index (χ1) is 29.5. The van der Waals surface area contributed by atoms with Crippen molar-refractivity contribution >= 4 is 105 Å². The molecule has 0 aliphatic heterocycles. The Morgan fingerprint density at radius 1 is 0.705 bits per heavy atom. The maximum atomic E-state index is 9.23. The standard InChI is InChI=1S/C22H24N4OS.C15H21BrN4S.C9H9BO2/c1-26(2)16-9-7-15(8-10-16)25-21-20-17(12-28-22(20)24-13-23-21)19-11-14-5-3-4-6-18(14)27-19;1-9-13(16)12-14(17-8-18-15(12)21-9)19-10-4-6-11(7-5-10)20(2)3;1-10(11)9-6-7-4-2-3-5-8(7)12-9/h3-6,11-13,15-16H,7-10H2,1-2H3,(H,23,24,25);8,10-11H,4-7H2,1-3H3,(H,17,18,19);2-6,11H,1H3. The Morgan fingerprint density at radius 2 is 1.23 bits per heavy atom. The van der Waals surface area contributed by atoms with Crippen molar-refractivity contribution in [1.82, 2.24) is 29.7 Å². The second-order valence-electron chi connectivity index (χ2n) is 16.7. The number of hydrogen-bond donors (Lipinski definition) is 3. The number of benzene rings is 2. The van der Waals surface area contributed by atoms with Crippen molar-refractivity contribution in [2.75, 3.05) is 38.8 Å². The van der Waals surface area contributed by atoms with Crippen LogP contribution in [0.3, 0.4) is 0 Å². The third-order valence-electron chi connectivity index (χ3n) is 12.0. The zero-order valence-electron chi connectivity index (χ0n) is 35.7. The normalized spacial score (nSPS) is 19.2. The van der Waals surface area contributed by atoms with E-state index in [2.05, 4.69) is 109 Å². The van der Waals surface area contributed by atoms with Gasteiger partial charge >= 0.3 is 6.92 Å². The van der Waals surface area contributed by atoms with Gasteiger partial charge in [0, 0.05) is 55.2 Å². The van der Waals surface area contributed by atoms with Gasteiger partial charge in [-0.15, -0.1) is 22.7 Å². The number of aromatic nitrogens is 4. The monoisotopic (exact) mass is 920 g/mol. The molecule has 3 N–H and O–H groups in total. The van der Waals surface area contributed by atoms with Crippen LogP contribution in [-0.4, -0.2) is 94.0 Å². The van der Waals surface area contributed by atoms with Crippen LogP contribution in [0, 0.1) is 6.92 Å². The molecule has 0 amide bonds. The second-order valence-corrected chi connectivity index (χ2v) is 19.5. The number of nitrogens with zero attached hydrogens (tertiary/aromatic N) is 6. The van der Waals surface area contributed by atoms with Crippen molar-refractivity contribution in [1.29, 1.82) is 0 Å². The zero-order valence-corrected chi connectivity index (χ0v) is 38.9. The summed E-state index contributed by atoms with van der Waals surface area (Å²) in [4.78, 5) is 25.9. The van der Waals surface area contributed by atoms with Crippen LogP contribution in [0.1, 0.15) is 56.2 Å². The first-order valence-corrected chi connectivity index (χ1v) is 23.6. The lowest BCUT2D eigenvalue weighted by Crippen LogP contribution is -2.36. The number of fused-ring (bicyclic) bond motifs is 4. The molecule has 0 atom stereocenters. The lowest BCUT2D eigenvalue weighted by Gasteiger charge is -2.33. The Balaban J connectivity index is 0.000000137. The van der Waals surface area contributed by atoms with Gasteiger partial charge in [0.25, 0.3) is 0 Å². The zero-order chi connectivity index (χ0) is 42.6. The first kappa shape index (κ1) is 43.3. The number of rotatable bonds is 8. The first-order valence-electron chi connectivity index (χ1n) is 21.2. The van der Waals surface area contributed by atoms with Crippen molar-refractivity contribution < 1.29 is 13.9 Å². The summed E-state index contributed by atoms with van der Waals surface area (Å²) in [5.74, 6) is 2.78. The quantitative estimate of drug-likeness (QED) is 0.126. The number of hydrogen-bond acceptors (Lipinski definition) is 13. The molecule has 10 rings (SSSR count). The van der Waals surface area contributed by atoms with Gasteiger partial charge in [0.05, 0.1) is 10.8 Å². The van der Waals surface area contributed by atoms with E-state index in [1.807, 2.05) is 48.5 Å². The van der Waals surface area contributed by atoms with Crippen molar-refractivity contribution in [3.8, 4) is 11.3 Å². The van der Waals surface area contributed by atoms with Crippen molar-refractivity contribution in [2.24, 2.45) is 0 Å². The maximum Gasteiger partial charge on any atom is 0.362 e. The minimum Gasteiger partial charge on any atom is -0.468 e. The molecule has 2 aliphatic carbocycles. The van der Waals surface area contributed by atoms with Crippen LogP contribution in [0.2, 0.25) is 6.82 Å². The van der Waals surface area contributed by atoms with Gasteiger partial charge in [0.15, 0.2) is 0 Å². The van der Waals surface area contributed by atoms with Crippen LogP contribution in [0.15, 0.2) is 92.0 Å². The van der Waals surface area contributed by atoms with Crippen LogP contribution in [-0.2, 0) is 0 Å². The molecule has 6 heterocycles. The predicted molar refractivity (Wildman–Crippen MR) is 259 cm³/mol. The molecule has 0 saturated heterocycles. The van der Waals surface area contributed by atoms with E-state index in [1.54, 1.807) is 42.2 Å². The van der Waals surface area contributed by atoms with E-state index in [0.717, 1.165) is 75.8 Å². The summed E-state index contributed by atoms with van der Waals surface area (Å²) in [6.07, 6.45) is 13.0. The predicted octanol–water partition coefficient (Wildman–Crippen LogP) is 10.7. The van der Waals surface area contributed by atoms with E-state index in [9.17, 15) is 5.02 Å². The van der Waals surface area contributed by atoms with Crippen molar-refractivity contribution in [3.05, 3.63) is 88.0 Å². The average Bonchev–Trinajstić information content (AvgIpc) is 4.06. The van der Waals surface area contributed by atoms with Gasteiger partial charge < -0.3 is 34.3 Å². The molecule has 0 spiro atoms. The Kier molecular flexibility index (Phi) is 13.7. The van der Waals surface area contributed by atoms with Gasteiger partial charge in [0.1, 0.15) is 56.5 Å². The molecule has 0 bridgehead atoms. The fourth-order valence-corrected chi connectivity index (χ4v) is 11.0. The summed E-state index contributed by atoms with van der Waals surface area (Å²) in [6.45, 7) is 3.28. The van der Waals surface area contributed by atoms with E-state index in [4.69, 9.17) is 8.83 Å². The number of anilines is 2. The largest absolute Gasteiger partial charge is 0.468 e. The van der Waals surface area contributed by atoms with Gasteiger partial charge in [-0.2, -0.15) is 0 Å². The highest BCUT2D eigenvalue weighted by Crippen LogP contribution is 2.40. The topological polar surface area (TPSA) is 129 Å². The van der Waals surface area contributed by atoms with E-state index >= 15 is 0 Å². The van der Waals surface area contributed by atoms with Gasteiger partial charge in [-0.25, -0.2) is 19.9 Å². The molecule has 8 aromatic rings. The van der Waals surface area contributed by atoms with E-state index < -0.39 is 6.92 Å². The van der Waals surface area contributed by atoms with E-state index in [1.165, 1.54) is 56.2 Å². The van der Waals surface area contributed by atoms with Gasteiger partial charge in [-0.05, 0) is 127 Å². The van der Waals surface area contributed by atoms with Gasteiger partial charge in [-0.1, -0.05) is 43.2 Å². The molecule has 11 nitrogen and oxygen atoms in total. The van der Waals surface area contributed by atoms with Crippen LogP contribution >= 0.6 is 38.6 Å². The Labute approximate surface area is 374 Å². The Hall–Kier alpha value is -4.38. The van der Waals surface area contributed by atoms with Crippen LogP contribution in [0.4, 0.5) is 11.6 Å². The Bertz CT molecular complexity index is 2630. The molecule has 61 heavy (non-hydrogen) atoms. The van der Waals surface area contributed by atoms with Crippen molar-refractivity contribution in [3.63, 3.8) is 0 Å². The highest BCUT2D eigenvalue weighted by atomic mass is 79.9. The van der Waals surface area contributed by atoms with Crippen LogP contribution < -0.4 is 16.3 Å². The molecule has 0 unspecified atom stereocenters. The summed E-state index contributed by atoms with van der Waals surface area (Å²) in [6, 6.07) is 22.2. The summed E-state index contributed by atoms with van der Waals surface area (Å²) in [7, 11) is 8.71. The number of thiophene rings is 2. The summed E-state index contributed by atoms with van der Waals surface area (Å²) >= 11 is 7.03. The number of para-hydroxylation sites is 2. The number of halogens is 1. The SMILES string of the molecule is CB(O)c1cc2ccccc2o1.CN(C)C1CCC(Nc2ncnc3scc(-c4cc5ccccc5o4)c23)CC1.Cc1sc2ncnc(NC3CCC(N(C)C)CC3)c2c1Br. The number of aryl methyl sites for hydroxylation is 1. The van der Waals surface area contributed by atoms with Gasteiger partial charge in [0.2, 0.25) is 0 Å². The summed E-state index contributed by atoms with van der Waals surface area (Å²) in [5, 5.41) is 23.1. The summed E-state index contributed by atoms with van der Waals surface area (Å²) < 4.78 is 12.6. The molecule has 318 valence electrons. The molecule has 15 heteroatoms. The van der Waals surface area contributed by atoms with Crippen LogP contribution in [0.5, 0.6) is 0 Å². The smallest absolute Gasteiger partial charge is 0.362 e. The molecular formula is C46H54BBrN8O3S2. The molecule has 0 radical (unpaired) electrons. The number of furan rings is 2. The molecular weight excluding hydrogens is 867 g/mol. The van der Waals surface area contributed by atoms with Gasteiger partial charge in [-0.3, -0.25) is 0 Å². The van der Waals surface area contributed by atoms with E-state index in [0.29, 0.717) is 23.8 Å². The number of nitrogens with one attached hydrogen (secondary N) is 2. The fraction of sp³-hybridized carbons (Fsp3) is 0.391. The van der Waals surface area contributed by atoms with Crippen LogP contribution in [0.25, 0.3) is 53.7 Å². The lowest BCUT2D eigenvalue weighted by molar-refractivity contribution is 0.221. The minimum atomic E-state index is -0.530. The highest BCUT2D eigenvalue weighted by molar-refractivity contribution is 9.10. The summed E-state index contributed by atoms with van der Waals surface area (Å²) in [5.41, 5.74) is 3.43. The lowest BCUT2D eigenvalue weighted by atomic mass is 9.69.